The summed E-state index contributed by atoms with van der Waals surface area (Å²) in [5.74, 6) is 1.17. The Morgan fingerprint density at radius 3 is 2.61 bits per heavy atom. The first kappa shape index (κ1) is 23.1. The second kappa shape index (κ2) is 10.2. The van der Waals surface area contributed by atoms with Gasteiger partial charge in [0.2, 0.25) is 5.91 Å². The number of nitrogens with one attached hydrogen (secondary N) is 1. The molecule has 0 radical (unpaired) electrons. The SMILES string of the molecule is COc1ccc(OC)c(NC(=O)N2CCC3(CC2)CC(OCC(=O)N(C)C)CCO3)c1. The monoisotopic (exact) mass is 435 g/mol. The van der Waals surface area contributed by atoms with E-state index >= 15 is 0 Å². The molecule has 2 fully saturated rings. The molecule has 3 amide bonds. The smallest absolute Gasteiger partial charge is 0.321 e. The van der Waals surface area contributed by atoms with Crippen molar-refractivity contribution in [3.05, 3.63) is 18.2 Å². The van der Waals surface area contributed by atoms with E-state index < -0.39 is 0 Å². The molecule has 9 nitrogen and oxygen atoms in total. The Hall–Kier alpha value is -2.52. The number of ether oxygens (including phenoxy) is 4. The van der Waals surface area contributed by atoms with E-state index in [1.165, 1.54) is 4.90 Å². The van der Waals surface area contributed by atoms with Crippen LogP contribution in [0.3, 0.4) is 0 Å². The number of likely N-dealkylation sites (tertiary alicyclic amines) is 1. The number of benzene rings is 1. The maximum atomic E-state index is 12.8. The molecule has 2 aliphatic heterocycles. The van der Waals surface area contributed by atoms with Crippen LogP contribution in [-0.4, -0.2) is 88.1 Å². The van der Waals surface area contributed by atoms with Crippen molar-refractivity contribution in [2.45, 2.75) is 37.4 Å². The molecule has 2 aliphatic rings. The van der Waals surface area contributed by atoms with Crippen molar-refractivity contribution in [3.63, 3.8) is 0 Å². The van der Waals surface area contributed by atoms with Gasteiger partial charge in [0.05, 0.1) is 31.6 Å². The topological polar surface area (TPSA) is 89.6 Å². The number of likely N-dealkylation sites (N-methyl/N-ethyl adjacent to an activating group) is 1. The molecule has 1 spiro atoms. The zero-order valence-electron chi connectivity index (χ0n) is 18.8. The van der Waals surface area contributed by atoms with Gasteiger partial charge in [-0.15, -0.1) is 0 Å². The second-order valence-electron chi connectivity index (χ2n) is 8.23. The number of anilines is 1. The summed E-state index contributed by atoms with van der Waals surface area (Å²) in [7, 11) is 6.58. The third-order valence-electron chi connectivity index (χ3n) is 6.00. The van der Waals surface area contributed by atoms with Crippen molar-refractivity contribution >= 4 is 17.6 Å². The highest BCUT2D eigenvalue weighted by Gasteiger charge is 2.41. The van der Waals surface area contributed by atoms with E-state index in [-0.39, 0.29) is 30.3 Å². The van der Waals surface area contributed by atoms with E-state index in [4.69, 9.17) is 18.9 Å². The lowest BCUT2D eigenvalue weighted by Gasteiger charge is -2.46. The molecular weight excluding hydrogens is 402 g/mol. The van der Waals surface area contributed by atoms with E-state index in [0.29, 0.717) is 36.9 Å². The number of carbonyl (C=O) groups is 2. The predicted molar refractivity (Wildman–Crippen MR) is 116 cm³/mol. The van der Waals surface area contributed by atoms with E-state index in [0.717, 1.165) is 25.7 Å². The number of carbonyl (C=O) groups excluding carboxylic acids is 2. The van der Waals surface area contributed by atoms with Crippen LogP contribution in [0, 0.1) is 0 Å². The quantitative estimate of drug-likeness (QED) is 0.738. The highest BCUT2D eigenvalue weighted by atomic mass is 16.5. The second-order valence-corrected chi connectivity index (χ2v) is 8.23. The molecule has 1 aromatic carbocycles. The lowest BCUT2D eigenvalue weighted by molar-refractivity contribution is -0.160. The molecule has 1 aromatic rings. The van der Waals surface area contributed by atoms with Crippen molar-refractivity contribution in [3.8, 4) is 11.5 Å². The van der Waals surface area contributed by atoms with Gasteiger partial charge in [-0.3, -0.25) is 4.79 Å². The Labute approximate surface area is 183 Å². The minimum absolute atomic E-state index is 0.000860. The highest BCUT2D eigenvalue weighted by molar-refractivity contribution is 5.91. The first-order valence-electron chi connectivity index (χ1n) is 10.6. The number of rotatable bonds is 6. The average molecular weight is 436 g/mol. The summed E-state index contributed by atoms with van der Waals surface area (Å²) in [5.41, 5.74) is 0.272. The first-order valence-corrected chi connectivity index (χ1v) is 10.6. The summed E-state index contributed by atoms with van der Waals surface area (Å²) in [6.45, 7) is 1.86. The Balaban J connectivity index is 1.54. The molecule has 2 heterocycles. The summed E-state index contributed by atoms with van der Waals surface area (Å²) >= 11 is 0. The lowest BCUT2D eigenvalue weighted by Crippen LogP contribution is -2.53. The van der Waals surface area contributed by atoms with Crippen LogP contribution in [0.4, 0.5) is 10.5 Å². The number of methoxy groups -OCH3 is 2. The predicted octanol–water partition coefficient (Wildman–Crippen LogP) is 2.35. The molecule has 0 saturated carbocycles. The van der Waals surface area contributed by atoms with Crippen LogP contribution in [0.2, 0.25) is 0 Å². The van der Waals surface area contributed by atoms with Gasteiger partial charge in [-0.1, -0.05) is 0 Å². The van der Waals surface area contributed by atoms with Crippen molar-refractivity contribution in [1.29, 1.82) is 0 Å². The van der Waals surface area contributed by atoms with Gasteiger partial charge >= 0.3 is 6.03 Å². The van der Waals surface area contributed by atoms with E-state index in [1.54, 1.807) is 51.4 Å². The number of urea groups is 1. The van der Waals surface area contributed by atoms with Crippen LogP contribution in [-0.2, 0) is 14.3 Å². The van der Waals surface area contributed by atoms with Crippen LogP contribution in [0.15, 0.2) is 18.2 Å². The fourth-order valence-electron chi connectivity index (χ4n) is 4.02. The van der Waals surface area contributed by atoms with E-state index in [9.17, 15) is 9.59 Å². The molecule has 31 heavy (non-hydrogen) atoms. The van der Waals surface area contributed by atoms with Crippen molar-refractivity contribution in [2.75, 3.05) is 59.9 Å². The number of hydrogen-bond donors (Lipinski definition) is 1. The van der Waals surface area contributed by atoms with Gasteiger partial charge in [0.15, 0.2) is 0 Å². The van der Waals surface area contributed by atoms with Crippen LogP contribution in [0.1, 0.15) is 25.7 Å². The average Bonchev–Trinajstić information content (AvgIpc) is 2.77. The zero-order chi connectivity index (χ0) is 22.4. The van der Waals surface area contributed by atoms with Crippen LogP contribution >= 0.6 is 0 Å². The Morgan fingerprint density at radius 1 is 1.23 bits per heavy atom. The maximum Gasteiger partial charge on any atom is 0.321 e. The molecule has 2 saturated heterocycles. The molecule has 0 aromatic heterocycles. The van der Waals surface area contributed by atoms with Gasteiger partial charge in [-0.25, -0.2) is 4.79 Å². The van der Waals surface area contributed by atoms with Gasteiger partial charge < -0.3 is 34.1 Å². The van der Waals surface area contributed by atoms with Crippen LogP contribution in [0.5, 0.6) is 11.5 Å². The standard InChI is InChI=1S/C22H33N3O6/c1-24(2)20(26)15-30-17-7-12-31-22(14-17)8-10-25(11-9-22)21(27)23-18-13-16(28-3)5-6-19(18)29-4/h5-6,13,17H,7-12,14-15H2,1-4H3,(H,23,27). The third-order valence-corrected chi connectivity index (χ3v) is 6.00. The molecular formula is C22H33N3O6. The number of piperidine rings is 1. The summed E-state index contributed by atoms with van der Waals surface area (Å²) in [6, 6.07) is 5.10. The van der Waals surface area contributed by atoms with E-state index in [1.807, 2.05) is 0 Å². The summed E-state index contributed by atoms with van der Waals surface area (Å²) in [6.07, 6.45) is 2.99. The van der Waals surface area contributed by atoms with Crippen molar-refractivity contribution in [1.82, 2.24) is 9.80 Å². The fourth-order valence-corrected chi connectivity index (χ4v) is 4.02. The molecule has 1 atom stereocenters. The molecule has 0 bridgehead atoms. The van der Waals surface area contributed by atoms with Crippen LogP contribution < -0.4 is 14.8 Å². The molecule has 3 rings (SSSR count). The first-order chi connectivity index (χ1) is 14.9. The van der Waals surface area contributed by atoms with Gasteiger partial charge in [-0.2, -0.15) is 0 Å². The summed E-state index contributed by atoms with van der Waals surface area (Å²) in [4.78, 5) is 27.9. The number of nitrogens with zero attached hydrogens (tertiary/aromatic N) is 2. The normalized spacial score (nSPS) is 20.3. The molecule has 172 valence electrons. The molecule has 9 heteroatoms. The largest absolute Gasteiger partial charge is 0.497 e. The molecule has 1 unspecified atom stereocenters. The fraction of sp³-hybridized carbons (Fsp3) is 0.636. The Kier molecular flexibility index (Phi) is 7.61. The van der Waals surface area contributed by atoms with Crippen LogP contribution in [0.25, 0.3) is 0 Å². The molecule has 1 N–H and O–H groups in total. The Bertz CT molecular complexity index is 777. The lowest BCUT2D eigenvalue weighted by atomic mass is 9.83. The summed E-state index contributed by atoms with van der Waals surface area (Å²) in [5, 5.41) is 2.92. The van der Waals surface area contributed by atoms with Gasteiger partial charge in [0, 0.05) is 46.3 Å². The zero-order valence-corrected chi connectivity index (χ0v) is 18.8. The third kappa shape index (κ3) is 5.80. The summed E-state index contributed by atoms with van der Waals surface area (Å²) < 4.78 is 22.6. The van der Waals surface area contributed by atoms with Gasteiger partial charge in [-0.05, 0) is 31.4 Å². The minimum atomic E-state index is -0.297. The highest BCUT2D eigenvalue weighted by Crippen LogP contribution is 2.36. The van der Waals surface area contributed by atoms with Gasteiger partial charge in [0.1, 0.15) is 18.1 Å². The molecule has 0 aliphatic carbocycles. The Morgan fingerprint density at radius 2 is 1.97 bits per heavy atom. The van der Waals surface area contributed by atoms with Crippen molar-refractivity contribution in [2.24, 2.45) is 0 Å². The van der Waals surface area contributed by atoms with Crippen molar-refractivity contribution < 1.29 is 28.5 Å². The number of amides is 3. The minimum Gasteiger partial charge on any atom is -0.497 e. The van der Waals surface area contributed by atoms with Gasteiger partial charge in [0.25, 0.3) is 0 Å². The number of hydrogen-bond acceptors (Lipinski definition) is 6. The maximum absolute atomic E-state index is 12.8. The van der Waals surface area contributed by atoms with E-state index in [2.05, 4.69) is 5.32 Å².